The van der Waals surface area contributed by atoms with Crippen LogP contribution in [0.4, 0.5) is 5.69 Å². The van der Waals surface area contributed by atoms with Gasteiger partial charge in [0.1, 0.15) is 12.4 Å². The van der Waals surface area contributed by atoms with Crippen molar-refractivity contribution >= 4 is 29.1 Å². The van der Waals surface area contributed by atoms with Crippen LogP contribution in [0.5, 0.6) is 5.75 Å². The summed E-state index contributed by atoms with van der Waals surface area (Å²) < 4.78 is 16.7. The van der Waals surface area contributed by atoms with Gasteiger partial charge < -0.3 is 30.2 Å². The van der Waals surface area contributed by atoms with Crippen LogP contribution in [0.15, 0.2) is 12.1 Å². The maximum atomic E-state index is 12.8. The van der Waals surface area contributed by atoms with E-state index in [2.05, 4.69) is 10.2 Å². The number of benzene rings is 1. The molecule has 1 unspecified atom stereocenters. The van der Waals surface area contributed by atoms with Crippen LogP contribution in [-0.4, -0.2) is 93.4 Å². The number of nitrogens with zero attached hydrogens (tertiary/aromatic N) is 2. The third kappa shape index (κ3) is 7.46. The standard InChI is InChI=1S/C24H37ClN4O5/c1-3-32-16-23(30)29-7-5-17(6-8-29)14-28-9-10-34-18(15-28)13-27-24(31)19-11-20(25)21(26)12-22(19)33-4-2/h11-12,17-18H,3-10,13-16,26H2,1-2H3,(H,27,31). The predicted molar refractivity (Wildman–Crippen MR) is 131 cm³/mol. The fourth-order valence-corrected chi connectivity index (χ4v) is 4.57. The number of anilines is 1. The van der Waals surface area contributed by atoms with Gasteiger partial charge in [-0.25, -0.2) is 0 Å². The second-order valence-corrected chi connectivity index (χ2v) is 9.13. The Kier molecular flexibility index (Phi) is 10.2. The Morgan fingerprint density at radius 2 is 1.97 bits per heavy atom. The zero-order valence-electron chi connectivity index (χ0n) is 20.2. The maximum absolute atomic E-state index is 12.8. The molecule has 1 atom stereocenters. The second-order valence-electron chi connectivity index (χ2n) is 8.73. The smallest absolute Gasteiger partial charge is 0.255 e. The summed E-state index contributed by atoms with van der Waals surface area (Å²) in [5.74, 6) is 0.779. The van der Waals surface area contributed by atoms with Gasteiger partial charge >= 0.3 is 0 Å². The molecular formula is C24H37ClN4O5. The van der Waals surface area contributed by atoms with E-state index < -0.39 is 0 Å². The minimum Gasteiger partial charge on any atom is -0.493 e. The molecule has 2 fully saturated rings. The SMILES string of the molecule is CCOCC(=O)N1CCC(CN2CCOC(CNC(=O)c3cc(Cl)c(N)cc3OCC)C2)CC1. The van der Waals surface area contributed by atoms with Gasteiger partial charge in [-0.2, -0.15) is 0 Å². The van der Waals surface area contributed by atoms with Crippen LogP contribution in [0, 0.1) is 5.92 Å². The molecule has 1 aromatic rings. The van der Waals surface area contributed by atoms with Crippen molar-refractivity contribution in [1.82, 2.24) is 15.1 Å². The van der Waals surface area contributed by atoms with Crippen LogP contribution in [-0.2, 0) is 14.3 Å². The van der Waals surface area contributed by atoms with Gasteiger partial charge in [-0.1, -0.05) is 11.6 Å². The first-order valence-corrected chi connectivity index (χ1v) is 12.5. The highest BCUT2D eigenvalue weighted by Gasteiger charge is 2.27. The van der Waals surface area contributed by atoms with E-state index in [-0.39, 0.29) is 24.5 Å². The van der Waals surface area contributed by atoms with Crippen LogP contribution in [0.25, 0.3) is 0 Å². The van der Waals surface area contributed by atoms with E-state index in [0.29, 0.717) is 54.3 Å². The van der Waals surface area contributed by atoms with Crippen molar-refractivity contribution in [2.75, 3.05) is 71.4 Å². The fourth-order valence-electron chi connectivity index (χ4n) is 4.40. The lowest BCUT2D eigenvalue weighted by molar-refractivity contribution is -0.137. The molecule has 0 bridgehead atoms. The van der Waals surface area contributed by atoms with E-state index >= 15 is 0 Å². The van der Waals surface area contributed by atoms with E-state index in [4.69, 9.17) is 31.5 Å². The third-order valence-electron chi connectivity index (χ3n) is 6.27. The number of morpholine rings is 1. The van der Waals surface area contributed by atoms with Crippen LogP contribution in [0.1, 0.15) is 37.0 Å². The molecule has 2 aliphatic rings. The topological polar surface area (TPSA) is 106 Å². The van der Waals surface area contributed by atoms with Gasteiger partial charge in [0.15, 0.2) is 0 Å². The number of hydrogen-bond donors (Lipinski definition) is 2. The molecule has 1 aromatic carbocycles. The van der Waals surface area contributed by atoms with E-state index in [1.807, 2.05) is 18.7 Å². The summed E-state index contributed by atoms with van der Waals surface area (Å²) in [6.07, 6.45) is 1.90. The Hall–Kier alpha value is -2.07. The largest absolute Gasteiger partial charge is 0.493 e. The van der Waals surface area contributed by atoms with E-state index in [0.717, 1.165) is 45.6 Å². The van der Waals surface area contributed by atoms with Crippen LogP contribution in [0.2, 0.25) is 5.02 Å². The number of ether oxygens (including phenoxy) is 3. The van der Waals surface area contributed by atoms with Crippen molar-refractivity contribution in [2.24, 2.45) is 5.92 Å². The van der Waals surface area contributed by atoms with Crippen molar-refractivity contribution in [3.05, 3.63) is 22.7 Å². The third-order valence-corrected chi connectivity index (χ3v) is 6.60. The molecule has 190 valence electrons. The number of amides is 2. The molecule has 2 amide bonds. The summed E-state index contributed by atoms with van der Waals surface area (Å²) in [5, 5.41) is 3.27. The zero-order valence-corrected chi connectivity index (χ0v) is 20.9. The molecule has 0 radical (unpaired) electrons. The predicted octanol–water partition coefficient (Wildman–Crippen LogP) is 2.03. The average molecular weight is 497 g/mol. The number of nitrogens with one attached hydrogen (secondary N) is 1. The lowest BCUT2D eigenvalue weighted by Gasteiger charge is -2.38. The van der Waals surface area contributed by atoms with Gasteiger partial charge in [-0.3, -0.25) is 14.5 Å². The molecular weight excluding hydrogens is 460 g/mol. The molecule has 2 aliphatic heterocycles. The van der Waals surface area contributed by atoms with Crippen molar-refractivity contribution in [3.8, 4) is 5.75 Å². The molecule has 0 spiro atoms. The molecule has 10 heteroatoms. The van der Waals surface area contributed by atoms with Gasteiger partial charge in [0.2, 0.25) is 5.91 Å². The average Bonchev–Trinajstić information content (AvgIpc) is 2.84. The van der Waals surface area contributed by atoms with E-state index in [1.165, 1.54) is 6.07 Å². The molecule has 3 N–H and O–H groups in total. The lowest BCUT2D eigenvalue weighted by atomic mass is 9.95. The monoisotopic (exact) mass is 496 g/mol. The summed E-state index contributed by atoms with van der Waals surface area (Å²) in [6.45, 7) is 10.1. The molecule has 0 saturated carbocycles. The number of nitrogens with two attached hydrogens (primary N) is 1. The number of carbonyl (C=O) groups is 2. The Morgan fingerprint density at radius 1 is 1.21 bits per heavy atom. The molecule has 3 rings (SSSR count). The number of halogens is 1. The van der Waals surface area contributed by atoms with Crippen molar-refractivity contribution in [1.29, 1.82) is 0 Å². The molecule has 9 nitrogen and oxygen atoms in total. The van der Waals surface area contributed by atoms with Crippen LogP contribution >= 0.6 is 11.6 Å². The molecule has 2 saturated heterocycles. The van der Waals surface area contributed by atoms with Crippen molar-refractivity contribution in [3.63, 3.8) is 0 Å². The van der Waals surface area contributed by atoms with E-state index in [1.54, 1.807) is 6.07 Å². The van der Waals surface area contributed by atoms with Crippen LogP contribution < -0.4 is 15.8 Å². The number of piperidine rings is 1. The first-order valence-electron chi connectivity index (χ1n) is 12.1. The van der Waals surface area contributed by atoms with Gasteiger partial charge in [-0.15, -0.1) is 0 Å². The molecule has 2 heterocycles. The zero-order chi connectivity index (χ0) is 24.5. The minimum atomic E-state index is -0.268. The van der Waals surface area contributed by atoms with Gasteiger partial charge in [0.05, 0.1) is 35.6 Å². The summed E-state index contributed by atoms with van der Waals surface area (Å²) in [5.41, 5.74) is 6.58. The normalized spacial score (nSPS) is 19.7. The highest BCUT2D eigenvalue weighted by molar-refractivity contribution is 6.33. The summed E-state index contributed by atoms with van der Waals surface area (Å²) >= 11 is 6.12. The van der Waals surface area contributed by atoms with Crippen LogP contribution in [0.3, 0.4) is 0 Å². The Balaban J connectivity index is 1.45. The highest BCUT2D eigenvalue weighted by atomic mass is 35.5. The molecule has 34 heavy (non-hydrogen) atoms. The Labute approximate surface area is 206 Å². The fraction of sp³-hybridized carbons (Fsp3) is 0.667. The van der Waals surface area contributed by atoms with Crippen molar-refractivity contribution < 1.29 is 23.8 Å². The minimum absolute atomic E-state index is 0.0809. The second kappa shape index (κ2) is 13.1. The maximum Gasteiger partial charge on any atom is 0.255 e. The molecule has 0 aliphatic carbocycles. The van der Waals surface area contributed by atoms with E-state index in [9.17, 15) is 9.59 Å². The molecule has 0 aromatic heterocycles. The summed E-state index contributed by atoms with van der Waals surface area (Å²) in [4.78, 5) is 29.2. The number of carbonyl (C=O) groups excluding carboxylic acids is 2. The number of nitrogen functional groups attached to an aromatic ring is 1. The number of rotatable bonds is 10. The lowest BCUT2D eigenvalue weighted by Crippen LogP contribution is -2.50. The number of hydrogen-bond acceptors (Lipinski definition) is 7. The Bertz CT molecular complexity index is 832. The quantitative estimate of drug-likeness (QED) is 0.477. The van der Waals surface area contributed by atoms with Gasteiger partial charge in [0.25, 0.3) is 5.91 Å². The van der Waals surface area contributed by atoms with Gasteiger partial charge in [-0.05, 0) is 38.7 Å². The summed E-state index contributed by atoms with van der Waals surface area (Å²) in [6, 6.07) is 3.12. The van der Waals surface area contributed by atoms with Gasteiger partial charge in [0, 0.05) is 51.9 Å². The first kappa shape index (κ1) is 26.5. The Morgan fingerprint density at radius 3 is 2.68 bits per heavy atom. The first-order chi connectivity index (χ1) is 16.4. The number of likely N-dealkylation sites (tertiary alicyclic amines) is 1. The van der Waals surface area contributed by atoms with Crippen molar-refractivity contribution in [2.45, 2.75) is 32.8 Å². The summed E-state index contributed by atoms with van der Waals surface area (Å²) in [7, 11) is 0. The highest BCUT2D eigenvalue weighted by Crippen LogP contribution is 2.29.